The van der Waals surface area contributed by atoms with Crippen molar-refractivity contribution in [1.29, 1.82) is 0 Å². The van der Waals surface area contributed by atoms with Gasteiger partial charge in [0.2, 0.25) is 0 Å². The molecule has 0 spiro atoms. The Morgan fingerprint density at radius 1 is 0.304 bits per heavy atom. The summed E-state index contributed by atoms with van der Waals surface area (Å²) in [5.74, 6) is 0.888. The van der Waals surface area contributed by atoms with Crippen LogP contribution in [0, 0.1) is 11.8 Å². The van der Waals surface area contributed by atoms with E-state index in [4.69, 9.17) is 14.2 Å². The molecule has 69 heavy (non-hydrogen) atoms. The Hall–Kier alpha value is -1.59. The van der Waals surface area contributed by atoms with E-state index in [0.717, 1.165) is 69.6 Å². The lowest BCUT2D eigenvalue weighted by atomic mass is 9.99. The molecule has 0 radical (unpaired) electrons. The Bertz CT molecular complexity index is 1060. The molecule has 1 unspecified atom stereocenters. The fourth-order valence-electron chi connectivity index (χ4n) is 9.73. The molecule has 0 aliphatic rings. The SMILES string of the molecule is CCCCCCCCCCCCCCCCCCCCCC(=O)O[C@@H](COC(=O)CCCCCCCCCCCCCCCCC(C)CC)COC(=O)CCCCCCCCCCCCCC(C)C. The first-order chi connectivity index (χ1) is 33.8. The van der Waals surface area contributed by atoms with Gasteiger partial charge in [-0.2, -0.15) is 0 Å². The predicted molar refractivity (Wildman–Crippen MR) is 298 cm³/mol. The van der Waals surface area contributed by atoms with Gasteiger partial charge in [-0.05, 0) is 31.1 Å². The zero-order chi connectivity index (χ0) is 50.4. The molecule has 0 aromatic carbocycles. The lowest BCUT2D eigenvalue weighted by Crippen LogP contribution is -2.30. The molecule has 6 nitrogen and oxygen atoms in total. The van der Waals surface area contributed by atoms with Gasteiger partial charge in [0, 0.05) is 19.3 Å². The second-order valence-corrected chi connectivity index (χ2v) is 22.4. The topological polar surface area (TPSA) is 78.9 Å². The van der Waals surface area contributed by atoms with E-state index in [0.29, 0.717) is 19.3 Å². The molecule has 0 amide bonds. The lowest BCUT2D eigenvalue weighted by Gasteiger charge is -2.18. The number of esters is 3. The van der Waals surface area contributed by atoms with Gasteiger partial charge in [0.05, 0.1) is 0 Å². The number of rotatable bonds is 57. The van der Waals surface area contributed by atoms with Crippen LogP contribution in [0.4, 0.5) is 0 Å². The Labute approximate surface area is 431 Å². The van der Waals surface area contributed by atoms with E-state index in [1.54, 1.807) is 0 Å². The fourth-order valence-corrected chi connectivity index (χ4v) is 9.73. The molecule has 410 valence electrons. The van der Waals surface area contributed by atoms with E-state index >= 15 is 0 Å². The molecular weight excluding hydrogens is 853 g/mol. The van der Waals surface area contributed by atoms with Crippen molar-refractivity contribution in [2.75, 3.05) is 13.2 Å². The van der Waals surface area contributed by atoms with Crippen LogP contribution in [0.25, 0.3) is 0 Å². The zero-order valence-corrected chi connectivity index (χ0v) is 47.5. The Kier molecular flexibility index (Phi) is 54.4. The predicted octanol–water partition coefficient (Wildman–Crippen LogP) is 20.8. The van der Waals surface area contributed by atoms with E-state index in [9.17, 15) is 14.4 Å². The molecule has 0 aliphatic carbocycles. The molecule has 0 aliphatic heterocycles. The summed E-state index contributed by atoms with van der Waals surface area (Å²) in [5.41, 5.74) is 0. The van der Waals surface area contributed by atoms with Crippen LogP contribution in [-0.2, 0) is 28.6 Å². The molecule has 0 heterocycles. The van der Waals surface area contributed by atoms with Gasteiger partial charge in [0.1, 0.15) is 13.2 Å². The van der Waals surface area contributed by atoms with Crippen LogP contribution in [0.1, 0.15) is 356 Å². The van der Waals surface area contributed by atoms with Gasteiger partial charge in [0.25, 0.3) is 0 Å². The van der Waals surface area contributed by atoms with Gasteiger partial charge in [0.15, 0.2) is 6.10 Å². The third-order valence-electron chi connectivity index (χ3n) is 14.8. The highest BCUT2D eigenvalue weighted by molar-refractivity contribution is 5.71. The van der Waals surface area contributed by atoms with Crippen molar-refractivity contribution in [3.05, 3.63) is 0 Å². The molecule has 0 fully saturated rings. The van der Waals surface area contributed by atoms with Gasteiger partial charge in [-0.15, -0.1) is 0 Å². The third kappa shape index (κ3) is 55.6. The van der Waals surface area contributed by atoms with Crippen LogP contribution in [0.15, 0.2) is 0 Å². The van der Waals surface area contributed by atoms with Crippen molar-refractivity contribution < 1.29 is 28.6 Å². The van der Waals surface area contributed by atoms with Crippen molar-refractivity contribution in [2.45, 2.75) is 362 Å². The van der Waals surface area contributed by atoms with Crippen molar-refractivity contribution in [2.24, 2.45) is 11.8 Å². The summed E-state index contributed by atoms with van der Waals surface area (Å²) in [6.07, 6.45) is 60.9. The Morgan fingerprint density at radius 2 is 0.551 bits per heavy atom. The summed E-state index contributed by atoms with van der Waals surface area (Å²) in [4.78, 5) is 38.3. The number of carbonyl (C=O) groups excluding carboxylic acids is 3. The first-order valence-corrected chi connectivity index (χ1v) is 31.3. The first kappa shape index (κ1) is 67.4. The molecule has 0 saturated carbocycles. The van der Waals surface area contributed by atoms with E-state index in [-0.39, 0.29) is 31.1 Å². The molecule has 0 bridgehead atoms. The highest BCUT2D eigenvalue weighted by atomic mass is 16.6. The fraction of sp³-hybridized carbons (Fsp3) is 0.952. The van der Waals surface area contributed by atoms with Crippen molar-refractivity contribution in [3.63, 3.8) is 0 Å². The maximum absolute atomic E-state index is 12.9. The van der Waals surface area contributed by atoms with E-state index in [1.807, 2.05) is 0 Å². The Balaban J connectivity index is 4.28. The molecule has 0 aromatic rings. The van der Waals surface area contributed by atoms with Gasteiger partial charge in [-0.1, -0.05) is 317 Å². The molecule has 0 saturated heterocycles. The van der Waals surface area contributed by atoms with Gasteiger partial charge in [-0.3, -0.25) is 14.4 Å². The zero-order valence-electron chi connectivity index (χ0n) is 47.5. The second-order valence-electron chi connectivity index (χ2n) is 22.4. The maximum Gasteiger partial charge on any atom is 0.306 e. The summed E-state index contributed by atoms with van der Waals surface area (Å²) in [7, 11) is 0. The molecule has 0 N–H and O–H groups in total. The van der Waals surface area contributed by atoms with E-state index in [1.165, 1.54) is 244 Å². The standard InChI is InChI=1S/C63H122O6/c1-6-8-9-10-11-12-13-14-15-16-17-18-19-24-29-35-40-45-50-55-63(66)69-60(57-68-62(65)54-49-44-39-34-30-25-26-31-36-41-46-51-58(3)4)56-67-61(64)53-48-43-38-33-28-23-21-20-22-27-32-37-42-47-52-59(5)7-2/h58-60H,6-57H2,1-5H3/t59?,60-/m0/s1. The summed E-state index contributed by atoms with van der Waals surface area (Å²) >= 11 is 0. The van der Waals surface area contributed by atoms with E-state index < -0.39 is 6.10 Å². The average molecular weight is 976 g/mol. The van der Waals surface area contributed by atoms with E-state index in [2.05, 4.69) is 34.6 Å². The number of ether oxygens (including phenoxy) is 3. The summed E-state index contributed by atoms with van der Waals surface area (Å²) < 4.78 is 16.9. The quantitative estimate of drug-likeness (QED) is 0.0343. The normalized spacial score (nSPS) is 12.4. The van der Waals surface area contributed by atoms with Crippen molar-refractivity contribution in [1.82, 2.24) is 0 Å². The van der Waals surface area contributed by atoms with Crippen molar-refractivity contribution >= 4 is 17.9 Å². The van der Waals surface area contributed by atoms with Crippen molar-refractivity contribution in [3.8, 4) is 0 Å². The third-order valence-corrected chi connectivity index (χ3v) is 14.8. The number of carbonyl (C=O) groups is 3. The summed E-state index contributed by atoms with van der Waals surface area (Å²) in [6, 6.07) is 0. The molecule has 0 rings (SSSR count). The number of hydrogen-bond acceptors (Lipinski definition) is 6. The van der Waals surface area contributed by atoms with Crippen LogP contribution in [0.5, 0.6) is 0 Å². The molecule has 2 atom stereocenters. The van der Waals surface area contributed by atoms with Crippen LogP contribution in [-0.4, -0.2) is 37.2 Å². The van der Waals surface area contributed by atoms with Crippen LogP contribution in [0.3, 0.4) is 0 Å². The largest absolute Gasteiger partial charge is 0.462 e. The second kappa shape index (κ2) is 55.7. The van der Waals surface area contributed by atoms with Crippen LogP contribution < -0.4 is 0 Å². The minimum Gasteiger partial charge on any atom is -0.462 e. The number of hydrogen-bond donors (Lipinski definition) is 0. The highest BCUT2D eigenvalue weighted by Crippen LogP contribution is 2.19. The van der Waals surface area contributed by atoms with Crippen LogP contribution in [0.2, 0.25) is 0 Å². The molecule has 6 heteroatoms. The van der Waals surface area contributed by atoms with Gasteiger partial charge >= 0.3 is 17.9 Å². The minimum absolute atomic E-state index is 0.0623. The number of unbranched alkanes of at least 4 members (excludes halogenated alkanes) is 41. The van der Waals surface area contributed by atoms with Gasteiger partial charge < -0.3 is 14.2 Å². The summed E-state index contributed by atoms with van der Waals surface area (Å²) in [5, 5.41) is 0. The lowest BCUT2D eigenvalue weighted by molar-refractivity contribution is -0.167. The minimum atomic E-state index is -0.764. The van der Waals surface area contributed by atoms with Crippen LogP contribution >= 0.6 is 0 Å². The molecule has 0 aromatic heterocycles. The monoisotopic (exact) mass is 975 g/mol. The molecular formula is C63H122O6. The first-order valence-electron chi connectivity index (χ1n) is 31.3. The smallest absolute Gasteiger partial charge is 0.306 e. The Morgan fingerprint density at radius 3 is 0.826 bits per heavy atom. The summed E-state index contributed by atoms with van der Waals surface area (Å²) in [6.45, 7) is 11.5. The van der Waals surface area contributed by atoms with Gasteiger partial charge in [-0.25, -0.2) is 0 Å². The average Bonchev–Trinajstić information content (AvgIpc) is 3.34. The maximum atomic E-state index is 12.9. The highest BCUT2D eigenvalue weighted by Gasteiger charge is 2.19.